The Morgan fingerprint density at radius 2 is 1.95 bits per heavy atom. The Morgan fingerprint density at radius 1 is 1.15 bits per heavy atom. The van der Waals surface area contributed by atoms with Crippen LogP contribution in [0.1, 0.15) is 22.4 Å². The molecule has 0 saturated carbocycles. The van der Waals surface area contributed by atoms with Gasteiger partial charge in [-0.05, 0) is 61.7 Å². The Balaban J connectivity index is 2.02. The number of rotatable bonds is 3. The van der Waals surface area contributed by atoms with Crippen molar-refractivity contribution in [3.05, 3.63) is 58.9 Å². The van der Waals surface area contributed by atoms with Gasteiger partial charge in [0.05, 0.1) is 12.2 Å². The molecule has 1 aromatic heterocycles. The lowest BCUT2D eigenvalue weighted by Gasteiger charge is -2.08. The van der Waals surface area contributed by atoms with Crippen molar-refractivity contribution < 1.29 is 0 Å². The van der Waals surface area contributed by atoms with Crippen LogP contribution >= 0.6 is 0 Å². The third-order valence-corrected chi connectivity index (χ3v) is 3.16. The molecule has 3 N–H and O–H groups in total. The molecule has 0 amide bonds. The Labute approximate surface area is 119 Å². The van der Waals surface area contributed by atoms with Crippen molar-refractivity contribution in [2.75, 3.05) is 5.32 Å². The smallest absolute Gasteiger partial charge is 0.193 e. The predicted octanol–water partition coefficient (Wildman–Crippen LogP) is 2.93. The highest BCUT2D eigenvalue weighted by Crippen LogP contribution is 2.13. The SMILES string of the molecule is Cc1ccnc(CN=C(N)Nc2ccc(C)c(C)c2)c1. The lowest BCUT2D eigenvalue weighted by atomic mass is 10.1. The molecule has 4 heteroatoms. The third-order valence-electron chi connectivity index (χ3n) is 3.16. The number of aromatic nitrogens is 1. The second-order valence-corrected chi connectivity index (χ2v) is 4.95. The van der Waals surface area contributed by atoms with E-state index in [1.807, 2.05) is 25.1 Å². The average molecular weight is 268 g/mol. The Hall–Kier alpha value is -2.36. The van der Waals surface area contributed by atoms with Gasteiger partial charge in [0.25, 0.3) is 0 Å². The lowest BCUT2D eigenvalue weighted by molar-refractivity contribution is 0.979. The number of nitrogens with one attached hydrogen (secondary N) is 1. The fourth-order valence-electron chi connectivity index (χ4n) is 1.86. The predicted molar refractivity (Wildman–Crippen MR) is 83.8 cm³/mol. The summed E-state index contributed by atoms with van der Waals surface area (Å²) in [7, 11) is 0. The number of hydrogen-bond acceptors (Lipinski definition) is 2. The summed E-state index contributed by atoms with van der Waals surface area (Å²) in [5.41, 5.74) is 11.4. The first kappa shape index (κ1) is 14.1. The van der Waals surface area contributed by atoms with Gasteiger partial charge < -0.3 is 11.1 Å². The van der Waals surface area contributed by atoms with E-state index in [0.717, 1.165) is 11.4 Å². The van der Waals surface area contributed by atoms with Crippen molar-refractivity contribution in [3.63, 3.8) is 0 Å². The summed E-state index contributed by atoms with van der Waals surface area (Å²) in [5, 5.41) is 3.09. The summed E-state index contributed by atoms with van der Waals surface area (Å²) >= 11 is 0. The van der Waals surface area contributed by atoms with E-state index >= 15 is 0 Å². The van der Waals surface area contributed by atoms with Gasteiger partial charge in [0.1, 0.15) is 0 Å². The van der Waals surface area contributed by atoms with Crippen LogP contribution in [-0.4, -0.2) is 10.9 Å². The molecule has 2 rings (SSSR count). The first-order valence-corrected chi connectivity index (χ1v) is 6.60. The van der Waals surface area contributed by atoms with E-state index in [1.54, 1.807) is 6.20 Å². The van der Waals surface area contributed by atoms with Crippen LogP contribution in [0.15, 0.2) is 41.5 Å². The summed E-state index contributed by atoms with van der Waals surface area (Å²) < 4.78 is 0. The normalized spacial score (nSPS) is 11.4. The summed E-state index contributed by atoms with van der Waals surface area (Å²) in [6, 6.07) is 10.1. The number of pyridine rings is 1. The standard InChI is InChI=1S/C16H20N4/c1-11-6-7-18-15(8-11)10-19-16(17)20-14-5-4-12(2)13(3)9-14/h4-9H,10H2,1-3H3,(H3,17,19,20). The molecular weight excluding hydrogens is 248 g/mol. The van der Waals surface area contributed by atoms with Crippen LogP contribution in [0.4, 0.5) is 5.69 Å². The van der Waals surface area contributed by atoms with E-state index in [1.165, 1.54) is 16.7 Å². The maximum atomic E-state index is 5.89. The minimum atomic E-state index is 0.400. The Morgan fingerprint density at radius 3 is 2.65 bits per heavy atom. The maximum Gasteiger partial charge on any atom is 0.193 e. The third kappa shape index (κ3) is 3.82. The fraction of sp³-hybridized carbons (Fsp3) is 0.250. The van der Waals surface area contributed by atoms with Gasteiger partial charge in [-0.25, -0.2) is 4.99 Å². The molecule has 2 aromatic rings. The summed E-state index contributed by atoms with van der Waals surface area (Å²) in [6.45, 7) is 6.67. The molecule has 0 radical (unpaired) electrons. The van der Waals surface area contributed by atoms with Crippen LogP contribution < -0.4 is 11.1 Å². The topological polar surface area (TPSA) is 63.3 Å². The molecular formula is C16H20N4. The molecule has 104 valence electrons. The molecule has 20 heavy (non-hydrogen) atoms. The molecule has 4 nitrogen and oxygen atoms in total. The molecule has 0 spiro atoms. The second kappa shape index (κ2) is 6.19. The molecule has 0 aliphatic rings. The van der Waals surface area contributed by atoms with Gasteiger partial charge in [0, 0.05) is 11.9 Å². The number of benzene rings is 1. The van der Waals surface area contributed by atoms with Gasteiger partial charge >= 0.3 is 0 Å². The van der Waals surface area contributed by atoms with Crippen LogP contribution in [0.5, 0.6) is 0 Å². The van der Waals surface area contributed by atoms with Crippen molar-refractivity contribution in [3.8, 4) is 0 Å². The largest absolute Gasteiger partial charge is 0.370 e. The number of aryl methyl sites for hydroxylation is 3. The number of anilines is 1. The van der Waals surface area contributed by atoms with Crippen LogP contribution in [0.2, 0.25) is 0 Å². The van der Waals surface area contributed by atoms with Gasteiger partial charge in [0.15, 0.2) is 5.96 Å². The molecule has 1 aromatic carbocycles. The average Bonchev–Trinajstić information content (AvgIpc) is 2.41. The number of guanidine groups is 1. The Kier molecular flexibility index (Phi) is 4.35. The maximum absolute atomic E-state index is 5.89. The zero-order valence-corrected chi connectivity index (χ0v) is 12.1. The fourth-order valence-corrected chi connectivity index (χ4v) is 1.86. The van der Waals surface area contributed by atoms with Gasteiger partial charge in [-0.15, -0.1) is 0 Å². The lowest BCUT2D eigenvalue weighted by Crippen LogP contribution is -2.22. The molecule has 0 aliphatic heterocycles. The molecule has 0 atom stereocenters. The highest BCUT2D eigenvalue weighted by atomic mass is 15.1. The zero-order chi connectivity index (χ0) is 14.5. The monoisotopic (exact) mass is 268 g/mol. The number of hydrogen-bond donors (Lipinski definition) is 2. The number of aliphatic imine (C=N–C) groups is 1. The first-order valence-electron chi connectivity index (χ1n) is 6.60. The molecule has 1 heterocycles. The van der Waals surface area contributed by atoms with Gasteiger partial charge in [0.2, 0.25) is 0 Å². The van der Waals surface area contributed by atoms with E-state index in [2.05, 4.69) is 41.3 Å². The molecule has 0 bridgehead atoms. The van der Waals surface area contributed by atoms with Crippen molar-refractivity contribution in [2.45, 2.75) is 27.3 Å². The Bertz CT molecular complexity index is 632. The van der Waals surface area contributed by atoms with Crippen LogP contribution in [0, 0.1) is 20.8 Å². The van der Waals surface area contributed by atoms with Crippen molar-refractivity contribution in [1.29, 1.82) is 0 Å². The zero-order valence-electron chi connectivity index (χ0n) is 12.1. The molecule has 0 fully saturated rings. The van der Waals surface area contributed by atoms with Crippen LogP contribution in [-0.2, 0) is 6.54 Å². The van der Waals surface area contributed by atoms with E-state index in [0.29, 0.717) is 12.5 Å². The number of nitrogens with zero attached hydrogens (tertiary/aromatic N) is 2. The van der Waals surface area contributed by atoms with Gasteiger partial charge in [-0.3, -0.25) is 4.98 Å². The van der Waals surface area contributed by atoms with Crippen LogP contribution in [0.25, 0.3) is 0 Å². The summed E-state index contributed by atoms with van der Waals surface area (Å²) in [4.78, 5) is 8.56. The minimum absolute atomic E-state index is 0.400. The van der Waals surface area contributed by atoms with E-state index in [9.17, 15) is 0 Å². The van der Waals surface area contributed by atoms with E-state index in [4.69, 9.17) is 5.73 Å². The van der Waals surface area contributed by atoms with E-state index in [-0.39, 0.29) is 0 Å². The molecule has 0 saturated heterocycles. The van der Waals surface area contributed by atoms with Gasteiger partial charge in [-0.1, -0.05) is 6.07 Å². The number of nitrogens with two attached hydrogens (primary N) is 1. The summed E-state index contributed by atoms with van der Waals surface area (Å²) in [6.07, 6.45) is 1.78. The minimum Gasteiger partial charge on any atom is -0.370 e. The quantitative estimate of drug-likeness (QED) is 0.664. The second-order valence-electron chi connectivity index (χ2n) is 4.95. The van der Waals surface area contributed by atoms with Crippen LogP contribution in [0.3, 0.4) is 0 Å². The van der Waals surface area contributed by atoms with Crippen molar-refractivity contribution >= 4 is 11.6 Å². The highest BCUT2D eigenvalue weighted by Gasteiger charge is 1.99. The summed E-state index contributed by atoms with van der Waals surface area (Å²) in [5.74, 6) is 0.400. The molecule has 0 unspecified atom stereocenters. The van der Waals surface area contributed by atoms with Crippen molar-refractivity contribution in [2.24, 2.45) is 10.7 Å². The van der Waals surface area contributed by atoms with E-state index < -0.39 is 0 Å². The first-order chi connectivity index (χ1) is 9.54. The van der Waals surface area contributed by atoms with Gasteiger partial charge in [-0.2, -0.15) is 0 Å². The molecule has 0 aliphatic carbocycles. The van der Waals surface area contributed by atoms with Crippen molar-refractivity contribution in [1.82, 2.24) is 4.98 Å². The highest BCUT2D eigenvalue weighted by molar-refractivity contribution is 5.92.